The molecule has 0 radical (unpaired) electrons. The lowest BCUT2D eigenvalue weighted by molar-refractivity contribution is -0.131. The van der Waals surface area contributed by atoms with Gasteiger partial charge >= 0.3 is 5.97 Å². The molecular weight excluding hydrogens is 164 g/mol. The van der Waals surface area contributed by atoms with Crippen LogP contribution in [0.1, 0.15) is 19.4 Å². The summed E-state index contributed by atoms with van der Waals surface area (Å²) in [5.74, 6) is 0.292. The van der Waals surface area contributed by atoms with Gasteiger partial charge in [-0.1, -0.05) is 24.3 Å². The Morgan fingerprint density at radius 3 is 2.85 bits per heavy atom. The van der Waals surface area contributed by atoms with E-state index in [0.29, 0.717) is 5.75 Å². The first-order valence-electron chi connectivity index (χ1n) is 4.13. The maximum absolute atomic E-state index is 10.6. The van der Waals surface area contributed by atoms with E-state index in [2.05, 4.69) is 0 Å². The molecule has 0 heterocycles. The van der Waals surface area contributed by atoms with Gasteiger partial charge in [0.1, 0.15) is 5.75 Å². The molecule has 1 rings (SSSR count). The summed E-state index contributed by atoms with van der Waals surface area (Å²) in [4.78, 5) is 10.6. The summed E-state index contributed by atoms with van der Waals surface area (Å²) in [5, 5.41) is 0. The predicted molar refractivity (Wildman–Crippen MR) is 52.5 cm³/mol. The fraction of sp³-hybridized carbons (Fsp3) is 0.182. The number of rotatable bonds is 2. The highest BCUT2D eigenvalue weighted by molar-refractivity contribution is 5.69. The van der Waals surface area contributed by atoms with Crippen molar-refractivity contribution in [2.75, 3.05) is 0 Å². The zero-order valence-electron chi connectivity index (χ0n) is 7.78. The molecule has 0 N–H and O–H groups in total. The Balaban J connectivity index is 2.85. The quantitative estimate of drug-likeness (QED) is 0.511. The molecule has 0 aromatic heterocycles. The van der Waals surface area contributed by atoms with E-state index in [0.717, 1.165) is 5.56 Å². The van der Waals surface area contributed by atoms with Gasteiger partial charge in [-0.25, -0.2) is 0 Å². The van der Waals surface area contributed by atoms with E-state index in [-0.39, 0.29) is 5.97 Å². The van der Waals surface area contributed by atoms with Gasteiger partial charge in [-0.2, -0.15) is 0 Å². The topological polar surface area (TPSA) is 26.3 Å². The maximum Gasteiger partial charge on any atom is 0.308 e. The molecule has 0 fully saturated rings. The van der Waals surface area contributed by atoms with Crippen LogP contribution >= 0.6 is 0 Å². The second-order valence-corrected chi connectivity index (χ2v) is 2.67. The van der Waals surface area contributed by atoms with Crippen LogP contribution in [0.25, 0.3) is 6.08 Å². The summed E-state index contributed by atoms with van der Waals surface area (Å²) < 4.78 is 4.93. The van der Waals surface area contributed by atoms with Crippen molar-refractivity contribution in [2.24, 2.45) is 0 Å². The fourth-order valence-corrected chi connectivity index (χ4v) is 1.04. The zero-order chi connectivity index (χ0) is 9.68. The monoisotopic (exact) mass is 176 g/mol. The highest BCUT2D eigenvalue weighted by atomic mass is 16.5. The van der Waals surface area contributed by atoms with Gasteiger partial charge in [-0.3, -0.25) is 4.79 Å². The van der Waals surface area contributed by atoms with Crippen molar-refractivity contribution in [3.8, 4) is 5.75 Å². The molecule has 0 bridgehead atoms. The van der Waals surface area contributed by atoms with Crippen LogP contribution in [-0.2, 0) is 4.79 Å². The highest BCUT2D eigenvalue weighted by Gasteiger charge is 1.96. The van der Waals surface area contributed by atoms with Crippen LogP contribution in [0, 0.1) is 0 Å². The molecule has 0 saturated carbocycles. The molecule has 0 aliphatic rings. The van der Waals surface area contributed by atoms with E-state index < -0.39 is 0 Å². The molecule has 0 unspecified atom stereocenters. The molecule has 0 aliphatic carbocycles. The Bertz CT molecular complexity index is 327. The molecule has 0 atom stereocenters. The Morgan fingerprint density at radius 1 is 1.46 bits per heavy atom. The summed E-state index contributed by atoms with van der Waals surface area (Å²) >= 11 is 0. The van der Waals surface area contributed by atoms with Crippen molar-refractivity contribution in [1.29, 1.82) is 0 Å². The van der Waals surface area contributed by atoms with Crippen LogP contribution in [-0.4, -0.2) is 5.97 Å². The number of allylic oxidation sites excluding steroid dienone is 1. The van der Waals surface area contributed by atoms with Gasteiger partial charge in [0.05, 0.1) is 0 Å². The largest absolute Gasteiger partial charge is 0.427 e. The predicted octanol–water partition coefficient (Wildman–Crippen LogP) is 2.65. The van der Waals surface area contributed by atoms with Crippen molar-refractivity contribution in [3.05, 3.63) is 35.9 Å². The van der Waals surface area contributed by atoms with Crippen LogP contribution in [0.3, 0.4) is 0 Å². The third kappa shape index (κ3) is 3.11. The van der Waals surface area contributed by atoms with Crippen LogP contribution < -0.4 is 4.74 Å². The number of carbonyl (C=O) groups is 1. The normalized spacial score (nSPS) is 10.3. The van der Waals surface area contributed by atoms with Gasteiger partial charge in [-0.15, -0.1) is 0 Å². The molecule has 2 nitrogen and oxygen atoms in total. The molecule has 2 heteroatoms. The van der Waals surface area contributed by atoms with E-state index in [1.54, 1.807) is 6.07 Å². The third-order valence-electron chi connectivity index (χ3n) is 1.48. The summed E-state index contributed by atoms with van der Waals surface area (Å²) in [6.45, 7) is 3.33. The molecule has 1 aromatic carbocycles. The standard InChI is InChI=1S/C11H12O2/c1-3-5-10-6-4-7-11(8-10)13-9(2)12/h3-8H,1-2H3. The minimum absolute atomic E-state index is 0.294. The summed E-state index contributed by atoms with van der Waals surface area (Å²) in [7, 11) is 0. The molecule has 13 heavy (non-hydrogen) atoms. The van der Waals surface area contributed by atoms with Gasteiger partial charge in [0.2, 0.25) is 0 Å². The number of esters is 1. The highest BCUT2D eigenvalue weighted by Crippen LogP contribution is 2.14. The SMILES string of the molecule is CC=Cc1cccc(OC(C)=O)c1. The van der Waals surface area contributed by atoms with Gasteiger partial charge in [0.15, 0.2) is 0 Å². The molecular formula is C11H12O2. The van der Waals surface area contributed by atoms with Crippen molar-refractivity contribution in [3.63, 3.8) is 0 Å². The molecule has 0 saturated heterocycles. The molecule has 0 aliphatic heterocycles. The first-order chi connectivity index (χ1) is 6.22. The van der Waals surface area contributed by atoms with E-state index in [4.69, 9.17) is 4.74 Å². The number of hydrogen-bond acceptors (Lipinski definition) is 2. The average molecular weight is 176 g/mol. The molecule has 68 valence electrons. The number of carbonyl (C=O) groups excluding carboxylic acids is 1. The maximum atomic E-state index is 10.6. The lowest BCUT2D eigenvalue weighted by Crippen LogP contribution is -2.00. The van der Waals surface area contributed by atoms with E-state index in [1.807, 2.05) is 37.3 Å². The van der Waals surface area contributed by atoms with Gasteiger partial charge < -0.3 is 4.74 Å². The summed E-state index contributed by atoms with van der Waals surface area (Å²) in [6, 6.07) is 7.39. The molecule has 0 amide bonds. The van der Waals surface area contributed by atoms with Crippen molar-refractivity contribution >= 4 is 12.0 Å². The van der Waals surface area contributed by atoms with Crippen LogP contribution in [0.2, 0.25) is 0 Å². The van der Waals surface area contributed by atoms with Gasteiger partial charge in [-0.05, 0) is 24.6 Å². The first kappa shape index (κ1) is 9.52. The van der Waals surface area contributed by atoms with E-state index >= 15 is 0 Å². The number of benzene rings is 1. The lowest BCUT2D eigenvalue weighted by atomic mass is 10.2. The van der Waals surface area contributed by atoms with E-state index in [9.17, 15) is 4.79 Å². The van der Waals surface area contributed by atoms with Gasteiger partial charge in [0, 0.05) is 6.92 Å². The Morgan fingerprint density at radius 2 is 2.23 bits per heavy atom. The second-order valence-electron chi connectivity index (χ2n) is 2.67. The molecule has 1 aromatic rings. The lowest BCUT2D eigenvalue weighted by Gasteiger charge is -2.01. The van der Waals surface area contributed by atoms with Gasteiger partial charge in [0.25, 0.3) is 0 Å². The summed E-state index contributed by atoms with van der Waals surface area (Å²) in [6.07, 6.45) is 3.89. The Kier molecular flexibility index (Phi) is 3.26. The summed E-state index contributed by atoms with van der Waals surface area (Å²) in [5.41, 5.74) is 1.03. The van der Waals surface area contributed by atoms with Crippen molar-refractivity contribution in [2.45, 2.75) is 13.8 Å². The zero-order valence-corrected chi connectivity index (χ0v) is 7.78. The Labute approximate surface area is 77.8 Å². The van der Waals surface area contributed by atoms with Crippen LogP contribution in [0.4, 0.5) is 0 Å². The van der Waals surface area contributed by atoms with Crippen molar-refractivity contribution < 1.29 is 9.53 Å². The first-order valence-corrected chi connectivity index (χ1v) is 4.13. The minimum Gasteiger partial charge on any atom is -0.427 e. The minimum atomic E-state index is -0.294. The van der Waals surface area contributed by atoms with Crippen LogP contribution in [0.15, 0.2) is 30.3 Å². The second kappa shape index (κ2) is 4.45. The molecule has 0 spiro atoms. The number of hydrogen-bond donors (Lipinski definition) is 0. The van der Waals surface area contributed by atoms with Crippen molar-refractivity contribution in [1.82, 2.24) is 0 Å². The van der Waals surface area contributed by atoms with Crippen LogP contribution in [0.5, 0.6) is 5.75 Å². The average Bonchev–Trinajstić information content (AvgIpc) is 2.04. The fourth-order valence-electron chi connectivity index (χ4n) is 1.04. The smallest absolute Gasteiger partial charge is 0.308 e. The third-order valence-corrected chi connectivity index (χ3v) is 1.48. The number of ether oxygens (including phenoxy) is 1. The van der Waals surface area contributed by atoms with E-state index in [1.165, 1.54) is 6.92 Å². The Hall–Kier alpha value is -1.57.